The zero-order valence-corrected chi connectivity index (χ0v) is 17.2. The SMILES string of the molecule is C=CCOc1ccc(C(O)CC(CCCC)c2ccc(OC)cc2OC)cc1. The summed E-state index contributed by atoms with van der Waals surface area (Å²) in [7, 11) is 3.32. The Morgan fingerprint density at radius 2 is 1.75 bits per heavy atom. The van der Waals surface area contributed by atoms with Gasteiger partial charge in [0, 0.05) is 6.07 Å². The Kier molecular flexibility index (Phi) is 8.89. The average Bonchev–Trinajstić information content (AvgIpc) is 2.74. The quantitative estimate of drug-likeness (QED) is 0.479. The first-order valence-corrected chi connectivity index (χ1v) is 9.86. The molecule has 4 nitrogen and oxygen atoms in total. The van der Waals surface area contributed by atoms with E-state index in [4.69, 9.17) is 14.2 Å². The summed E-state index contributed by atoms with van der Waals surface area (Å²) in [5, 5.41) is 10.9. The van der Waals surface area contributed by atoms with Crippen LogP contribution in [0.2, 0.25) is 0 Å². The fourth-order valence-corrected chi connectivity index (χ4v) is 3.35. The van der Waals surface area contributed by atoms with Crippen LogP contribution in [0.25, 0.3) is 0 Å². The Morgan fingerprint density at radius 3 is 2.36 bits per heavy atom. The maximum atomic E-state index is 10.9. The van der Waals surface area contributed by atoms with E-state index in [0.29, 0.717) is 13.0 Å². The molecule has 0 spiro atoms. The van der Waals surface area contributed by atoms with Crippen LogP contribution >= 0.6 is 0 Å². The van der Waals surface area contributed by atoms with Crippen LogP contribution in [-0.4, -0.2) is 25.9 Å². The molecule has 1 N–H and O–H groups in total. The standard InChI is InChI=1S/C24H32O4/c1-5-7-8-19(22-14-13-21(26-3)17-24(22)27-4)16-23(25)18-9-11-20(12-10-18)28-15-6-2/h6,9-14,17,19,23,25H,2,5,7-8,15-16H2,1,3-4H3. The summed E-state index contributed by atoms with van der Waals surface area (Å²) in [5.74, 6) is 2.55. The van der Waals surface area contributed by atoms with Gasteiger partial charge in [-0.2, -0.15) is 0 Å². The Morgan fingerprint density at radius 1 is 1.04 bits per heavy atom. The van der Waals surface area contributed by atoms with E-state index in [0.717, 1.165) is 47.6 Å². The van der Waals surface area contributed by atoms with Crippen molar-refractivity contribution in [3.63, 3.8) is 0 Å². The van der Waals surface area contributed by atoms with Gasteiger partial charge in [-0.1, -0.05) is 50.6 Å². The van der Waals surface area contributed by atoms with Crippen LogP contribution < -0.4 is 14.2 Å². The second-order valence-corrected chi connectivity index (χ2v) is 6.87. The summed E-state index contributed by atoms with van der Waals surface area (Å²) < 4.78 is 16.4. The lowest BCUT2D eigenvalue weighted by molar-refractivity contribution is 0.154. The number of rotatable bonds is 12. The van der Waals surface area contributed by atoms with Gasteiger partial charge < -0.3 is 19.3 Å². The minimum Gasteiger partial charge on any atom is -0.497 e. The van der Waals surface area contributed by atoms with E-state index >= 15 is 0 Å². The molecule has 0 aliphatic heterocycles. The summed E-state index contributed by atoms with van der Waals surface area (Å²) in [6.45, 7) is 6.30. The molecular weight excluding hydrogens is 352 g/mol. The van der Waals surface area contributed by atoms with Crippen LogP contribution in [-0.2, 0) is 0 Å². The Bertz CT molecular complexity index is 724. The van der Waals surface area contributed by atoms with Gasteiger partial charge >= 0.3 is 0 Å². The van der Waals surface area contributed by atoms with E-state index in [-0.39, 0.29) is 5.92 Å². The van der Waals surface area contributed by atoms with Gasteiger partial charge in [-0.3, -0.25) is 0 Å². The molecular formula is C24H32O4. The lowest BCUT2D eigenvalue weighted by atomic mass is 9.86. The van der Waals surface area contributed by atoms with Crippen molar-refractivity contribution < 1.29 is 19.3 Å². The molecule has 0 bridgehead atoms. The minimum atomic E-state index is -0.554. The van der Waals surface area contributed by atoms with Gasteiger partial charge in [-0.25, -0.2) is 0 Å². The maximum absolute atomic E-state index is 10.9. The molecule has 2 unspecified atom stereocenters. The fourth-order valence-electron chi connectivity index (χ4n) is 3.35. The Labute approximate surface area is 168 Å². The van der Waals surface area contributed by atoms with E-state index < -0.39 is 6.10 Å². The van der Waals surface area contributed by atoms with Crippen LogP contribution in [0.4, 0.5) is 0 Å². The molecule has 0 saturated heterocycles. The first-order chi connectivity index (χ1) is 13.6. The summed E-state index contributed by atoms with van der Waals surface area (Å²) in [5.41, 5.74) is 2.00. The molecule has 2 rings (SSSR count). The van der Waals surface area contributed by atoms with Crippen molar-refractivity contribution in [3.8, 4) is 17.2 Å². The van der Waals surface area contributed by atoms with Crippen LogP contribution in [0.5, 0.6) is 17.2 Å². The lowest BCUT2D eigenvalue weighted by Gasteiger charge is -2.23. The van der Waals surface area contributed by atoms with Gasteiger partial charge in [0.25, 0.3) is 0 Å². The van der Waals surface area contributed by atoms with Crippen molar-refractivity contribution in [1.82, 2.24) is 0 Å². The van der Waals surface area contributed by atoms with E-state index in [2.05, 4.69) is 19.6 Å². The first kappa shape index (κ1) is 21.8. The maximum Gasteiger partial charge on any atom is 0.126 e. The number of hydrogen-bond donors (Lipinski definition) is 1. The highest BCUT2D eigenvalue weighted by molar-refractivity contribution is 5.43. The molecule has 0 aliphatic rings. The third-order valence-corrected chi connectivity index (χ3v) is 4.93. The van der Waals surface area contributed by atoms with Crippen molar-refractivity contribution in [3.05, 3.63) is 66.2 Å². The van der Waals surface area contributed by atoms with Crippen molar-refractivity contribution in [2.45, 2.75) is 44.6 Å². The molecule has 0 radical (unpaired) electrons. The van der Waals surface area contributed by atoms with Gasteiger partial charge in [0.15, 0.2) is 0 Å². The summed E-state index contributed by atoms with van der Waals surface area (Å²) in [6.07, 6.45) is 5.00. The summed E-state index contributed by atoms with van der Waals surface area (Å²) in [4.78, 5) is 0. The topological polar surface area (TPSA) is 47.9 Å². The van der Waals surface area contributed by atoms with Gasteiger partial charge in [-0.15, -0.1) is 0 Å². The highest BCUT2D eigenvalue weighted by Gasteiger charge is 2.21. The summed E-state index contributed by atoms with van der Waals surface area (Å²) >= 11 is 0. The number of methoxy groups -OCH3 is 2. The van der Waals surface area contributed by atoms with Gasteiger partial charge in [0.2, 0.25) is 0 Å². The predicted octanol–water partition coefficient (Wildman–Crippen LogP) is 5.67. The molecule has 2 aromatic carbocycles. The molecule has 0 saturated carbocycles. The molecule has 152 valence electrons. The van der Waals surface area contributed by atoms with E-state index in [9.17, 15) is 5.11 Å². The lowest BCUT2D eigenvalue weighted by Crippen LogP contribution is -2.08. The van der Waals surface area contributed by atoms with Crippen molar-refractivity contribution in [2.75, 3.05) is 20.8 Å². The highest BCUT2D eigenvalue weighted by Crippen LogP contribution is 2.38. The predicted molar refractivity (Wildman–Crippen MR) is 114 cm³/mol. The van der Waals surface area contributed by atoms with E-state index in [1.54, 1.807) is 20.3 Å². The van der Waals surface area contributed by atoms with Crippen LogP contribution in [0, 0.1) is 0 Å². The number of aliphatic hydroxyl groups excluding tert-OH is 1. The van der Waals surface area contributed by atoms with Gasteiger partial charge in [-0.05, 0) is 48.1 Å². The van der Waals surface area contributed by atoms with Crippen LogP contribution in [0.3, 0.4) is 0 Å². The van der Waals surface area contributed by atoms with Crippen molar-refractivity contribution >= 4 is 0 Å². The van der Waals surface area contributed by atoms with Gasteiger partial charge in [0.05, 0.1) is 20.3 Å². The number of hydrogen-bond acceptors (Lipinski definition) is 4. The molecule has 2 aromatic rings. The number of aliphatic hydroxyl groups is 1. The minimum absolute atomic E-state index is 0.201. The Hall–Kier alpha value is -2.46. The zero-order chi connectivity index (χ0) is 20.4. The monoisotopic (exact) mass is 384 g/mol. The molecule has 0 aliphatic carbocycles. The molecule has 0 aromatic heterocycles. The molecule has 2 atom stereocenters. The number of unbranched alkanes of at least 4 members (excludes halogenated alkanes) is 1. The van der Waals surface area contributed by atoms with Crippen LogP contribution in [0.1, 0.15) is 55.8 Å². The molecule has 0 amide bonds. The van der Waals surface area contributed by atoms with E-state index in [1.807, 2.05) is 36.4 Å². The van der Waals surface area contributed by atoms with Gasteiger partial charge in [0.1, 0.15) is 23.9 Å². The second kappa shape index (κ2) is 11.4. The van der Waals surface area contributed by atoms with Crippen LogP contribution in [0.15, 0.2) is 55.1 Å². The average molecular weight is 385 g/mol. The largest absolute Gasteiger partial charge is 0.497 e. The molecule has 0 fully saturated rings. The molecule has 28 heavy (non-hydrogen) atoms. The summed E-state index contributed by atoms with van der Waals surface area (Å²) in [6, 6.07) is 13.5. The van der Waals surface area contributed by atoms with Crippen molar-refractivity contribution in [2.24, 2.45) is 0 Å². The third kappa shape index (κ3) is 6.03. The highest BCUT2D eigenvalue weighted by atomic mass is 16.5. The first-order valence-electron chi connectivity index (χ1n) is 9.86. The third-order valence-electron chi connectivity index (χ3n) is 4.93. The van der Waals surface area contributed by atoms with E-state index in [1.165, 1.54) is 0 Å². The molecule has 0 heterocycles. The zero-order valence-electron chi connectivity index (χ0n) is 17.2. The van der Waals surface area contributed by atoms with Crippen molar-refractivity contribution in [1.29, 1.82) is 0 Å². The Balaban J connectivity index is 2.18. The normalized spacial score (nSPS) is 12.9. The second-order valence-electron chi connectivity index (χ2n) is 6.87. The fraction of sp³-hybridized carbons (Fsp3) is 0.417. The number of benzene rings is 2. The smallest absolute Gasteiger partial charge is 0.126 e. The number of ether oxygens (including phenoxy) is 3. The molecule has 4 heteroatoms.